The largest absolute Gasteiger partial charge is 1.00 e. The van der Waals surface area contributed by atoms with Crippen LogP contribution in [0.15, 0.2) is 103 Å². The Hall–Kier alpha value is -1.40. The molecule has 140 valence electrons. The Bertz CT molecular complexity index is 707. The summed E-state index contributed by atoms with van der Waals surface area (Å²) >= 11 is 5.83. The van der Waals surface area contributed by atoms with Crippen molar-refractivity contribution in [2.75, 3.05) is 12.0 Å². The van der Waals surface area contributed by atoms with Crippen molar-refractivity contribution in [3.63, 3.8) is 0 Å². The molecule has 0 saturated carbocycles. The van der Waals surface area contributed by atoms with E-state index in [9.17, 15) is 0 Å². The van der Waals surface area contributed by atoms with Crippen LogP contribution in [0.5, 0.6) is 0 Å². The lowest BCUT2D eigenvalue weighted by molar-refractivity contribution is -0.00000500. The average molecular weight is 460 g/mol. The van der Waals surface area contributed by atoms with E-state index in [1.807, 2.05) is 0 Å². The number of halogens is 2. The number of allylic oxidation sites excluding steroid dienone is 2. The third-order valence-electron chi connectivity index (χ3n) is 4.64. The summed E-state index contributed by atoms with van der Waals surface area (Å²) in [5.74, 6) is 0.723. The van der Waals surface area contributed by atoms with E-state index in [0.29, 0.717) is 0 Å². The van der Waals surface area contributed by atoms with Gasteiger partial charge in [0.25, 0.3) is 0 Å². The number of hydrogen-bond acceptors (Lipinski definition) is 0. The number of benzene rings is 3. The molecule has 0 spiro atoms. The van der Waals surface area contributed by atoms with Crippen molar-refractivity contribution in [2.24, 2.45) is 0 Å². The molecule has 0 radical (unpaired) electrons. The van der Waals surface area contributed by atoms with Crippen molar-refractivity contribution in [1.82, 2.24) is 0 Å². The first-order valence-corrected chi connectivity index (χ1v) is 11.6. The van der Waals surface area contributed by atoms with Crippen LogP contribution in [0.4, 0.5) is 0 Å². The summed E-state index contributed by atoms with van der Waals surface area (Å²) in [6.45, 7) is 0. The molecule has 0 aliphatic heterocycles. The van der Waals surface area contributed by atoms with Crippen molar-refractivity contribution >= 4 is 34.8 Å². The molecular weight excluding hydrogens is 435 g/mol. The zero-order valence-electron chi connectivity index (χ0n) is 15.3. The Balaban J connectivity index is 0.00000261. The Labute approximate surface area is 179 Å². The number of rotatable bonds is 8. The predicted molar refractivity (Wildman–Crippen MR) is 119 cm³/mol. The van der Waals surface area contributed by atoms with Gasteiger partial charge < -0.3 is 17.0 Å². The van der Waals surface area contributed by atoms with Gasteiger partial charge in [0.15, 0.2) is 0 Å². The molecular formula is C24H25BrClP. The Morgan fingerprint density at radius 3 is 1.41 bits per heavy atom. The molecule has 27 heavy (non-hydrogen) atoms. The van der Waals surface area contributed by atoms with Gasteiger partial charge in [-0.2, -0.15) is 0 Å². The van der Waals surface area contributed by atoms with Crippen LogP contribution in [-0.4, -0.2) is 12.0 Å². The maximum atomic E-state index is 5.83. The lowest BCUT2D eigenvalue weighted by Gasteiger charge is -2.26. The van der Waals surface area contributed by atoms with Gasteiger partial charge in [0.2, 0.25) is 0 Å². The third-order valence-corrected chi connectivity index (χ3v) is 9.21. The van der Waals surface area contributed by atoms with E-state index in [-0.39, 0.29) is 17.0 Å². The van der Waals surface area contributed by atoms with Crippen LogP contribution in [0.2, 0.25) is 0 Å². The summed E-state index contributed by atoms with van der Waals surface area (Å²) in [6, 6.07) is 33.0. The Morgan fingerprint density at radius 1 is 0.630 bits per heavy atom. The molecule has 3 rings (SSSR count). The maximum Gasteiger partial charge on any atom is 0.115 e. The second kappa shape index (κ2) is 11.4. The van der Waals surface area contributed by atoms with Crippen LogP contribution in [-0.2, 0) is 0 Å². The van der Waals surface area contributed by atoms with E-state index in [1.165, 1.54) is 15.9 Å². The number of unbranched alkanes of at least 4 members (excludes halogenated alkanes) is 1. The highest BCUT2D eigenvalue weighted by atomic mass is 79.9. The van der Waals surface area contributed by atoms with E-state index < -0.39 is 7.26 Å². The van der Waals surface area contributed by atoms with Gasteiger partial charge in [0, 0.05) is 5.88 Å². The highest BCUT2D eigenvalue weighted by molar-refractivity contribution is 7.95. The smallest absolute Gasteiger partial charge is 0.115 e. The fourth-order valence-electron chi connectivity index (χ4n) is 3.36. The summed E-state index contributed by atoms with van der Waals surface area (Å²) in [5.41, 5.74) is 0. The molecule has 0 bridgehead atoms. The fourth-order valence-corrected chi connectivity index (χ4v) is 7.55. The van der Waals surface area contributed by atoms with Crippen LogP contribution in [0, 0.1) is 0 Å². The summed E-state index contributed by atoms with van der Waals surface area (Å²) in [7, 11) is -1.72. The van der Waals surface area contributed by atoms with Gasteiger partial charge in [-0.05, 0) is 49.2 Å². The van der Waals surface area contributed by atoms with Gasteiger partial charge in [-0.3, -0.25) is 0 Å². The summed E-state index contributed by atoms with van der Waals surface area (Å²) < 4.78 is 0. The van der Waals surface area contributed by atoms with Crippen LogP contribution < -0.4 is 32.9 Å². The molecule has 0 atom stereocenters. The van der Waals surface area contributed by atoms with Crippen molar-refractivity contribution in [3.8, 4) is 0 Å². The highest BCUT2D eigenvalue weighted by Gasteiger charge is 2.43. The molecule has 0 heterocycles. The lowest BCUT2D eigenvalue weighted by Crippen LogP contribution is -3.00. The van der Waals surface area contributed by atoms with E-state index in [2.05, 4.69) is 103 Å². The van der Waals surface area contributed by atoms with Crippen molar-refractivity contribution in [2.45, 2.75) is 12.8 Å². The average Bonchev–Trinajstić information content (AvgIpc) is 2.73. The summed E-state index contributed by atoms with van der Waals surface area (Å²) in [4.78, 5) is 0. The molecule has 0 nitrogen and oxygen atoms in total. The van der Waals surface area contributed by atoms with E-state index >= 15 is 0 Å². The third kappa shape index (κ3) is 5.32. The van der Waals surface area contributed by atoms with Crippen LogP contribution in [0.25, 0.3) is 0 Å². The molecule has 3 aromatic rings. The zero-order valence-corrected chi connectivity index (χ0v) is 18.6. The van der Waals surface area contributed by atoms with Crippen molar-refractivity contribution in [3.05, 3.63) is 103 Å². The first-order chi connectivity index (χ1) is 12.9. The van der Waals surface area contributed by atoms with Crippen molar-refractivity contribution in [1.29, 1.82) is 0 Å². The van der Waals surface area contributed by atoms with Gasteiger partial charge in [-0.1, -0.05) is 66.7 Å². The normalized spacial score (nSPS) is 11.3. The maximum absolute atomic E-state index is 5.83. The van der Waals surface area contributed by atoms with Gasteiger partial charge in [0.05, 0.1) is 6.16 Å². The molecule has 0 saturated heterocycles. The van der Waals surface area contributed by atoms with Gasteiger partial charge in [0.1, 0.15) is 23.2 Å². The fraction of sp³-hybridized carbons (Fsp3) is 0.167. The van der Waals surface area contributed by atoms with Crippen molar-refractivity contribution < 1.29 is 17.0 Å². The Morgan fingerprint density at radius 2 is 1.04 bits per heavy atom. The second-order valence-corrected chi connectivity index (χ2v) is 10.2. The Kier molecular flexibility index (Phi) is 9.28. The van der Waals surface area contributed by atoms with Crippen LogP contribution >= 0.6 is 18.9 Å². The van der Waals surface area contributed by atoms with Gasteiger partial charge in [-0.15, -0.1) is 11.6 Å². The quantitative estimate of drug-likeness (QED) is 0.210. The molecule has 0 N–H and O–H groups in total. The SMILES string of the molecule is ClCCC/C=C/C[P+](c1ccccc1)(c1ccccc1)c1ccccc1.[Br-]. The summed E-state index contributed by atoms with van der Waals surface area (Å²) in [6.07, 6.45) is 7.78. The van der Waals surface area contributed by atoms with Gasteiger partial charge >= 0.3 is 0 Å². The first-order valence-electron chi connectivity index (χ1n) is 9.14. The van der Waals surface area contributed by atoms with Gasteiger partial charge in [-0.25, -0.2) is 0 Å². The molecule has 0 unspecified atom stereocenters. The first kappa shape index (κ1) is 21.9. The standard InChI is InChI=1S/C24H25ClP.BrH/c25-20-12-1-2-13-21-26(22-14-6-3-7-15-22,23-16-8-4-9-17-23)24-18-10-5-11-19-24;/h2-11,13-19H,1,12,20-21H2;1H/q+1;/p-1/b13-2+;. The molecule has 3 heteroatoms. The van der Waals surface area contributed by atoms with E-state index in [1.54, 1.807) is 0 Å². The number of hydrogen-bond donors (Lipinski definition) is 0. The minimum Gasteiger partial charge on any atom is -1.00 e. The molecule has 0 fully saturated rings. The predicted octanol–water partition coefficient (Wildman–Crippen LogP) is 2.56. The zero-order chi connectivity index (χ0) is 18.1. The van der Waals surface area contributed by atoms with E-state index in [0.717, 1.165) is 24.9 Å². The molecule has 0 aliphatic carbocycles. The van der Waals surface area contributed by atoms with E-state index in [4.69, 9.17) is 11.6 Å². The second-order valence-electron chi connectivity index (χ2n) is 6.30. The molecule has 0 aromatic heterocycles. The van der Waals surface area contributed by atoms with Crippen LogP contribution in [0.3, 0.4) is 0 Å². The highest BCUT2D eigenvalue weighted by Crippen LogP contribution is 2.55. The molecule has 3 aromatic carbocycles. The lowest BCUT2D eigenvalue weighted by atomic mass is 10.3. The topological polar surface area (TPSA) is 0 Å². The molecule has 0 amide bonds. The minimum absolute atomic E-state index is 0. The number of alkyl halides is 1. The minimum atomic E-state index is -1.72. The summed E-state index contributed by atoms with van der Waals surface area (Å²) in [5, 5.41) is 4.29. The van der Waals surface area contributed by atoms with Crippen LogP contribution in [0.1, 0.15) is 12.8 Å². The molecule has 0 aliphatic rings. The monoisotopic (exact) mass is 458 g/mol.